The van der Waals surface area contributed by atoms with Gasteiger partial charge in [0.1, 0.15) is 5.75 Å². The minimum absolute atomic E-state index is 0.177. The molecule has 0 saturated carbocycles. The number of ether oxygens (including phenoxy) is 1. The third kappa shape index (κ3) is 3.37. The van der Waals surface area contributed by atoms with Crippen molar-refractivity contribution in [2.24, 2.45) is 0 Å². The molecule has 0 aliphatic carbocycles. The molecule has 136 valence electrons. The van der Waals surface area contributed by atoms with Crippen molar-refractivity contribution in [1.29, 1.82) is 0 Å². The van der Waals surface area contributed by atoms with Crippen LogP contribution in [-0.2, 0) is 10.0 Å². The first-order valence-corrected chi connectivity index (χ1v) is 9.73. The van der Waals surface area contributed by atoms with E-state index in [-0.39, 0.29) is 4.90 Å². The second-order valence-electron chi connectivity index (χ2n) is 5.95. The van der Waals surface area contributed by atoms with Gasteiger partial charge in [-0.15, -0.1) is 0 Å². The summed E-state index contributed by atoms with van der Waals surface area (Å²) in [6.07, 6.45) is 5.43. The van der Waals surface area contributed by atoms with Crippen molar-refractivity contribution in [3.05, 3.63) is 79.3 Å². The quantitative estimate of drug-likeness (QED) is 0.572. The Morgan fingerprint density at radius 1 is 1.04 bits per heavy atom. The van der Waals surface area contributed by atoms with Crippen LogP contribution in [0.1, 0.15) is 0 Å². The highest BCUT2D eigenvalue weighted by Crippen LogP contribution is 2.25. The summed E-state index contributed by atoms with van der Waals surface area (Å²) in [5, 5.41) is 0.925. The molecule has 2 heterocycles. The summed E-state index contributed by atoms with van der Waals surface area (Å²) in [6, 6.07) is 17.5. The van der Waals surface area contributed by atoms with Crippen molar-refractivity contribution in [3.63, 3.8) is 0 Å². The van der Waals surface area contributed by atoms with Crippen LogP contribution >= 0.6 is 0 Å². The number of nitrogens with zero attached hydrogens (tertiary/aromatic N) is 2. The molecule has 0 unspecified atom stereocenters. The average Bonchev–Trinajstić information content (AvgIpc) is 3.11. The summed E-state index contributed by atoms with van der Waals surface area (Å²) >= 11 is 0. The Morgan fingerprint density at radius 3 is 2.56 bits per heavy atom. The highest BCUT2D eigenvalue weighted by molar-refractivity contribution is 7.92. The lowest BCUT2D eigenvalue weighted by Crippen LogP contribution is -2.12. The third-order valence-electron chi connectivity index (χ3n) is 4.24. The molecule has 0 amide bonds. The molecule has 0 aliphatic heterocycles. The molecular weight excluding hydrogens is 362 g/mol. The highest BCUT2D eigenvalue weighted by atomic mass is 32.2. The van der Waals surface area contributed by atoms with Gasteiger partial charge in [-0.1, -0.05) is 0 Å². The number of pyridine rings is 1. The van der Waals surface area contributed by atoms with Crippen LogP contribution in [0.15, 0.2) is 84.1 Å². The third-order valence-corrected chi connectivity index (χ3v) is 5.63. The molecule has 2 aromatic heterocycles. The molecule has 0 atom stereocenters. The van der Waals surface area contributed by atoms with E-state index in [0.717, 1.165) is 16.6 Å². The molecule has 4 rings (SSSR count). The lowest BCUT2D eigenvalue weighted by molar-refractivity contribution is 0.414. The molecule has 6 nitrogen and oxygen atoms in total. The van der Waals surface area contributed by atoms with Crippen LogP contribution in [0.2, 0.25) is 0 Å². The minimum atomic E-state index is -3.67. The van der Waals surface area contributed by atoms with E-state index in [2.05, 4.69) is 9.71 Å². The summed E-state index contributed by atoms with van der Waals surface area (Å²) in [6.45, 7) is 0. The van der Waals surface area contributed by atoms with Gasteiger partial charge in [-0.2, -0.15) is 0 Å². The van der Waals surface area contributed by atoms with Crippen molar-refractivity contribution in [3.8, 4) is 11.4 Å². The number of fused-ring (bicyclic) bond motifs is 1. The summed E-state index contributed by atoms with van der Waals surface area (Å²) in [5.74, 6) is 0.604. The second kappa shape index (κ2) is 6.77. The number of rotatable bonds is 5. The maximum Gasteiger partial charge on any atom is 0.261 e. The molecule has 0 bridgehead atoms. The predicted octanol–water partition coefficient (Wildman–Crippen LogP) is 3.83. The zero-order valence-electron chi connectivity index (χ0n) is 14.5. The summed E-state index contributed by atoms with van der Waals surface area (Å²) in [5.41, 5.74) is 2.41. The van der Waals surface area contributed by atoms with E-state index < -0.39 is 10.0 Å². The van der Waals surface area contributed by atoms with Crippen LogP contribution in [0.25, 0.3) is 16.6 Å². The van der Waals surface area contributed by atoms with Gasteiger partial charge in [0.05, 0.1) is 29.4 Å². The van der Waals surface area contributed by atoms with Gasteiger partial charge in [0.2, 0.25) is 0 Å². The Kier molecular flexibility index (Phi) is 4.29. The van der Waals surface area contributed by atoms with E-state index in [1.54, 1.807) is 30.6 Å². The van der Waals surface area contributed by atoms with E-state index in [1.807, 2.05) is 41.1 Å². The van der Waals surface area contributed by atoms with Crippen molar-refractivity contribution < 1.29 is 13.2 Å². The Hall–Kier alpha value is -3.32. The summed E-state index contributed by atoms with van der Waals surface area (Å²) in [7, 11) is -2.14. The van der Waals surface area contributed by atoms with E-state index in [0.29, 0.717) is 11.4 Å². The van der Waals surface area contributed by atoms with E-state index in [9.17, 15) is 8.42 Å². The summed E-state index contributed by atoms with van der Waals surface area (Å²) < 4.78 is 34.9. The molecular formula is C20H17N3O3S. The molecule has 4 aromatic rings. The number of benzene rings is 2. The largest absolute Gasteiger partial charge is 0.497 e. The molecule has 2 aromatic carbocycles. The number of aromatic nitrogens is 2. The Balaban J connectivity index is 1.64. The fourth-order valence-electron chi connectivity index (χ4n) is 2.90. The second-order valence-corrected chi connectivity index (χ2v) is 7.63. The van der Waals surface area contributed by atoms with Crippen LogP contribution in [0.4, 0.5) is 5.69 Å². The van der Waals surface area contributed by atoms with Crippen molar-refractivity contribution in [1.82, 2.24) is 9.55 Å². The molecule has 0 radical (unpaired) electrons. The first kappa shape index (κ1) is 17.1. The average molecular weight is 379 g/mol. The molecule has 0 saturated heterocycles. The monoisotopic (exact) mass is 379 g/mol. The Bertz CT molecular complexity index is 1180. The molecule has 0 fully saturated rings. The van der Waals surface area contributed by atoms with Gasteiger partial charge in [-0.25, -0.2) is 8.42 Å². The van der Waals surface area contributed by atoms with Gasteiger partial charge >= 0.3 is 0 Å². The lowest BCUT2D eigenvalue weighted by atomic mass is 10.2. The van der Waals surface area contributed by atoms with Gasteiger partial charge in [0.15, 0.2) is 0 Å². The maximum absolute atomic E-state index is 12.6. The Morgan fingerprint density at radius 2 is 1.85 bits per heavy atom. The highest BCUT2D eigenvalue weighted by Gasteiger charge is 2.15. The zero-order chi connectivity index (χ0) is 18.9. The molecule has 27 heavy (non-hydrogen) atoms. The van der Waals surface area contributed by atoms with E-state index in [4.69, 9.17) is 4.74 Å². The molecule has 1 N–H and O–H groups in total. The number of sulfonamides is 1. The van der Waals surface area contributed by atoms with Crippen LogP contribution in [-0.4, -0.2) is 25.1 Å². The fraction of sp³-hybridized carbons (Fsp3) is 0.0500. The van der Waals surface area contributed by atoms with Crippen molar-refractivity contribution in [2.45, 2.75) is 4.90 Å². The first-order valence-electron chi connectivity index (χ1n) is 8.25. The van der Waals surface area contributed by atoms with Gasteiger partial charge in [-0.05, 0) is 60.7 Å². The van der Waals surface area contributed by atoms with Crippen molar-refractivity contribution >= 4 is 26.6 Å². The van der Waals surface area contributed by atoms with Crippen LogP contribution in [0, 0.1) is 0 Å². The van der Waals surface area contributed by atoms with Crippen molar-refractivity contribution in [2.75, 3.05) is 11.8 Å². The normalized spacial score (nSPS) is 11.4. The number of methoxy groups -OCH3 is 1. The first-order chi connectivity index (χ1) is 13.1. The fourth-order valence-corrected chi connectivity index (χ4v) is 3.95. The number of nitrogens with one attached hydrogen (secondary N) is 1. The van der Waals surface area contributed by atoms with Gasteiger partial charge in [0, 0.05) is 23.5 Å². The number of hydrogen-bond acceptors (Lipinski definition) is 4. The van der Waals surface area contributed by atoms with Crippen LogP contribution in [0.5, 0.6) is 5.75 Å². The smallest absolute Gasteiger partial charge is 0.261 e. The summed E-state index contributed by atoms with van der Waals surface area (Å²) in [4.78, 5) is 4.32. The van der Waals surface area contributed by atoms with E-state index in [1.165, 1.54) is 19.2 Å². The Labute approximate surface area is 157 Å². The molecule has 7 heteroatoms. The molecule has 0 spiro atoms. The lowest BCUT2D eigenvalue weighted by Gasteiger charge is -2.10. The van der Waals surface area contributed by atoms with Gasteiger partial charge in [0.25, 0.3) is 10.0 Å². The van der Waals surface area contributed by atoms with E-state index >= 15 is 0 Å². The SMILES string of the molecule is COc1ccc(S(=O)(=O)Nc2ccc3c(ccn3-c3cccnc3)c2)cc1. The van der Waals surface area contributed by atoms with Gasteiger partial charge in [-0.3, -0.25) is 9.71 Å². The molecule has 0 aliphatic rings. The predicted molar refractivity (Wildman–Crippen MR) is 105 cm³/mol. The minimum Gasteiger partial charge on any atom is -0.497 e. The van der Waals surface area contributed by atoms with Gasteiger partial charge < -0.3 is 9.30 Å². The zero-order valence-corrected chi connectivity index (χ0v) is 15.3. The number of anilines is 1. The topological polar surface area (TPSA) is 73.2 Å². The standard InChI is InChI=1S/C20H17N3O3S/c1-26-18-5-7-19(8-6-18)27(24,25)22-16-4-9-20-15(13-16)10-12-23(20)17-3-2-11-21-14-17/h2-14,22H,1H3. The maximum atomic E-state index is 12.6. The van der Waals surface area contributed by atoms with Crippen LogP contribution < -0.4 is 9.46 Å². The van der Waals surface area contributed by atoms with Crippen LogP contribution in [0.3, 0.4) is 0 Å². The number of hydrogen-bond donors (Lipinski definition) is 1.